The molecule has 0 aliphatic rings. The minimum atomic E-state index is -4.34. The van der Waals surface area contributed by atoms with Gasteiger partial charge < -0.3 is 0 Å². The topological polar surface area (TPSA) is 12.9 Å². The highest BCUT2D eigenvalue weighted by Crippen LogP contribution is 2.39. The van der Waals surface area contributed by atoms with Crippen molar-refractivity contribution < 1.29 is 13.2 Å². The summed E-state index contributed by atoms with van der Waals surface area (Å²) in [5.41, 5.74) is 3.00. The Hall–Kier alpha value is -3.18. The van der Waals surface area contributed by atoms with Crippen LogP contribution in [0, 0.1) is 0 Å². The van der Waals surface area contributed by atoms with Crippen molar-refractivity contribution in [3.63, 3.8) is 0 Å². The Morgan fingerprint density at radius 3 is 1.97 bits per heavy atom. The fraction of sp³-hybridized carbons (Fsp3) is 0.0417. The molecule has 0 fully saturated rings. The molecule has 0 atom stereocenters. The molecule has 0 aliphatic heterocycles. The van der Waals surface area contributed by atoms with Crippen LogP contribution in [0.3, 0.4) is 0 Å². The van der Waals surface area contributed by atoms with E-state index in [4.69, 9.17) is 4.98 Å². The fourth-order valence-electron chi connectivity index (χ4n) is 3.56. The first kappa shape index (κ1) is 17.9. The Bertz CT molecular complexity index is 1300. The zero-order chi connectivity index (χ0) is 20.0. The second-order valence-corrected chi connectivity index (χ2v) is 7.80. The van der Waals surface area contributed by atoms with Gasteiger partial charge in [-0.05, 0) is 46.2 Å². The second kappa shape index (κ2) is 6.71. The van der Waals surface area contributed by atoms with Gasteiger partial charge in [-0.1, -0.05) is 60.7 Å². The molecule has 1 nitrogen and oxygen atoms in total. The molecule has 0 amide bonds. The summed E-state index contributed by atoms with van der Waals surface area (Å²) in [7, 11) is 0. The molecule has 4 aromatic carbocycles. The van der Waals surface area contributed by atoms with Crippen LogP contribution in [0.2, 0.25) is 0 Å². The lowest BCUT2D eigenvalue weighted by molar-refractivity contribution is -0.137. The Morgan fingerprint density at radius 1 is 0.655 bits per heavy atom. The normalized spacial score (nSPS) is 12.0. The van der Waals surface area contributed by atoms with Gasteiger partial charge in [0.25, 0.3) is 0 Å². The van der Waals surface area contributed by atoms with Gasteiger partial charge >= 0.3 is 6.18 Å². The lowest BCUT2D eigenvalue weighted by Crippen LogP contribution is -2.04. The maximum atomic E-state index is 12.9. The van der Waals surface area contributed by atoms with Gasteiger partial charge in [-0.25, -0.2) is 4.98 Å². The van der Waals surface area contributed by atoms with Gasteiger partial charge in [-0.2, -0.15) is 13.2 Å². The van der Waals surface area contributed by atoms with Crippen LogP contribution in [0.15, 0.2) is 84.9 Å². The Labute approximate surface area is 169 Å². The van der Waals surface area contributed by atoms with E-state index in [1.54, 1.807) is 11.3 Å². The van der Waals surface area contributed by atoms with Crippen molar-refractivity contribution in [2.24, 2.45) is 0 Å². The molecule has 0 saturated heterocycles. The third-order valence-electron chi connectivity index (χ3n) is 4.97. The molecule has 5 rings (SSSR count). The van der Waals surface area contributed by atoms with Crippen LogP contribution in [0.1, 0.15) is 5.56 Å². The standard InChI is InChI=1S/C24H14F3NS/c25-24(26,27)16-11-9-15(10-12-16)17-13-14-20(19-6-2-1-5-18(17)19)23-28-21-7-3-4-8-22(21)29-23/h1-14H. The minimum absolute atomic E-state index is 0.642. The number of benzene rings is 4. The van der Waals surface area contributed by atoms with E-state index in [0.717, 1.165) is 54.8 Å². The highest BCUT2D eigenvalue weighted by atomic mass is 32.1. The van der Waals surface area contributed by atoms with E-state index in [0.29, 0.717) is 0 Å². The van der Waals surface area contributed by atoms with E-state index >= 15 is 0 Å². The highest BCUT2D eigenvalue weighted by Gasteiger charge is 2.30. The summed E-state index contributed by atoms with van der Waals surface area (Å²) in [5, 5.41) is 2.95. The molecule has 142 valence electrons. The van der Waals surface area contributed by atoms with Crippen molar-refractivity contribution in [2.75, 3.05) is 0 Å². The predicted molar refractivity (Wildman–Crippen MR) is 113 cm³/mol. The van der Waals surface area contributed by atoms with E-state index < -0.39 is 11.7 Å². The predicted octanol–water partition coefficient (Wildman–Crippen LogP) is 7.80. The fourth-order valence-corrected chi connectivity index (χ4v) is 4.57. The molecule has 5 aromatic rings. The Kier molecular flexibility index (Phi) is 4.14. The van der Waals surface area contributed by atoms with Crippen molar-refractivity contribution in [1.29, 1.82) is 0 Å². The summed E-state index contributed by atoms with van der Waals surface area (Å²) in [6, 6.07) is 25.2. The van der Waals surface area contributed by atoms with E-state index in [1.807, 2.05) is 54.6 Å². The molecule has 29 heavy (non-hydrogen) atoms. The van der Waals surface area contributed by atoms with Crippen LogP contribution < -0.4 is 0 Å². The van der Waals surface area contributed by atoms with Gasteiger partial charge in [-0.3, -0.25) is 0 Å². The van der Waals surface area contributed by atoms with Crippen molar-refractivity contribution in [1.82, 2.24) is 4.98 Å². The lowest BCUT2D eigenvalue weighted by Gasteiger charge is -2.12. The van der Waals surface area contributed by atoms with E-state index in [9.17, 15) is 13.2 Å². The summed E-state index contributed by atoms with van der Waals surface area (Å²) in [5.74, 6) is 0. The number of nitrogens with zero attached hydrogens (tertiary/aromatic N) is 1. The first-order chi connectivity index (χ1) is 14.0. The summed E-state index contributed by atoms with van der Waals surface area (Å²) in [4.78, 5) is 4.77. The highest BCUT2D eigenvalue weighted by molar-refractivity contribution is 7.21. The molecule has 1 aromatic heterocycles. The minimum Gasteiger partial charge on any atom is -0.236 e. The average Bonchev–Trinajstić information content (AvgIpc) is 3.16. The van der Waals surface area contributed by atoms with Crippen LogP contribution in [0.4, 0.5) is 13.2 Å². The molecule has 0 aliphatic carbocycles. The first-order valence-electron chi connectivity index (χ1n) is 9.06. The Balaban J connectivity index is 1.67. The number of rotatable bonds is 2. The summed E-state index contributed by atoms with van der Waals surface area (Å²) < 4.78 is 39.8. The smallest absolute Gasteiger partial charge is 0.236 e. The summed E-state index contributed by atoms with van der Waals surface area (Å²) in [6.07, 6.45) is -4.34. The van der Waals surface area contributed by atoms with Crippen molar-refractivity contribution in [3.8, 4) is 21.7 Å². The molecule has 1 heterocycles. The van der Waals surface area contributed by atoms with Crippen molar-refractivity contribution in [2.45, 2.75) is 6.18 Å². The SMILES string of the molecule is FC(F)(F)c1ccc(-c2ccc(-c3nc4ccccc4s3)c3ccccc23)cc1. The van der Waals surface area contributed by atoms with E-state index in [-0.39, 0.29) is 0 Å². The lowest BCUT2D eigenvalue weighted by atomic mass is 9.94. The van der Waals surface area contributed by atoms with Crippen LogP contribution in [-0.4, -0.2) is 4.98 Å². The molecule has 0 bridgehead atoms. The van der Waals surface area contributed by atoms with Crippen molar-refractivity contribution in [3.05, 3.63) is 90.5 Å². The molecule has 0 radical (unpaired) electrons. The number of hydrogen-bond donors (Lipinski definition) is 0. The van der Waals surface area contributed by atoms with Crippen LogP contribution in [0.5, 0.6) is 0 Å². The number of para-hydroxylation sites is 1. The molecular formula is C24H14F3NS. The molecule has 0 saturated carbocycles. The number of alkyl halides is 3. The molecule has 0 N–H and O–H groups in total. The average molecular weight is 405 g/mol. The zero-order valence-corrected chi connectivity index (χ0v) is 15.9. The molecular weight excluding hydrogens is 391 g/mol. The second-order valence-electron chi connectivity index (χ2n) is 6.77. The van der Waals surface area contributed by atoms with Gasteiger partial charge in [0.2, 0.25) is 0 Å². The number of thiazole rings is 1. The largest absolute Gasteiger partial charge is 0.416 e. The number of halogens is 3. The van der Waals surface area contributed by atoms with Crippen molar-refractivity contribution >= 4 is 32.3 Å². The van der Waals surface area contributed by atoms with Crippen LogP contribution in [0.25, 0.3) is 42.7 Å². The van der Waals surface area contributed by atoms with E-state index in [2.05, 4.69) is 6.07 Å². The maximum Gasteiger partial charge on any atom is 0.416 e. The number of hydrogen-bond acceptors (Lipinski definition) is 2. The van der Waals surface area contributed by atoms with Crippen LogP contribution in [-0.2, 0) is 6.18 Å². The number of fused-ring (bicyclic) bond motifs is 2. The monoisotopic (exact) mass is 405 g/mol. The van der Waals surface area contributed by atoms with Gasteiger partial charge in [0.15, 0.2) is 0 Å². The zero-order valence-electron chi connectivity index (χ0n) is 15.1. The van der Waals surface area contributed by atoms with Gasteiger partial charge in [-0.15, -0.1) is 11.3 Å². The quantitative estimate of drug-likeness (QED) is 0.292. The third-order valence-corrected chi connectivity index (χ3v) is 6.04. The molecule has 0 unspecified atom stereocenters. The van der Waals surface area contributed by atoms with Crippen LogP contribution >= 0.6 is 11.3 Å². The Morgan fingerprint density at radius 2 is 1.28 bits per heavy atom. The third kappa shape index (κ3) is 3.17. The summed E-state index contributed by atoms with van der Waals surface area (Å²) >= 11 is 1.64. The molecule has 0 spiro atoms. The molecule has 5 heteroatoms. The van der Waals surface area contributed by atoms with Gasteiger partial charge in [0.1, 0.15) is 5.01 Å². The summed E-state index contributed by atoms with van der Waals surface area (Å²) in [6.45, 7) is 0. The van der Waals surface area contributed by atoms with E-state index in [1.165, 1.54) is 12.1 Å². The first-order valence-corrected chi connectivity index (χ1v) is 9.88. The number of aromatic nitrogens is 1. The maximum absolute atomic E-state index is 12.9. The van der Waals surface area contributed by atoms with Gasteiger partial charge in [0.05, 0.1) is 15.8 Å². The van der Waals surface area contributed by atoms with Gasteiger partial charge in [0, 0.05) is 5.56 Å².